The van der Waals surface area contributed by atoms with Gasteiger partial charge in [-0.2, -0.15) is 4.98 Å². The second kappa shape index (κ2) is 10.3. The second-order valence-electron chi connectivity index (χ2n) is 6.68. The number of aromatic nitrogens is 2. The summed E-state index contributed by atoms with van der Waals surface area (Å²) in [5, 5.41) is 6.57. The van der Waals surface area contributed by atoms with Gasteiger partial charge in [0.1, 0.15) is 5.82 Å². The molecule has 1 heterocycles. The molecule has 0 spiro atoms. The molecule has 1 aromatic heterocycles. The predicted octanol–water partition coefficient (Wildman–Crippen LogP) is 3.10. The summed E-state index contributed by atoms with van der Waals surface area (Å²) in [6.07, 6.45) is -0.0335. The molecule has 0 aliphatic carbocycles. The number of esters is 1. The maximum Gasteiger partial charge on any atom is 0.307 e. The summed E-state index contributed by atoms with van der Waals surface area (Å²) in [6.45, 7) is 1.98. The third-order valence-electron chi connectivity index (χ3n) is 4.35. The molecular formula is C22H22FN3O4. The van der Waals surface area contributed by atoms with Crippen LogP contribution in [0.15, 0.2) is 59.1 Å². The fourth-order valence-electron chi connectivity index (χ4n) is 2.71. The van der Waals surface area contributed by atoms with E-state index >= 15 is 0 Å². The van der Waals surface area contributed by atoms with Gasteiger partial charge in [0.25, 0.3) is 5.91 Å². The number of rotatable bonds is 9. The Morgan fingerprint density at radius 2 is 1.83 bits per heavy atom. The van der Waals surface area contributed by atoms with Crippen LogP contribution in [-0.4, -0.2) is 34.7 Å². The van der Waals surface area contributed by atoms with E-state index in [2.05, 4.69) is 15.5 Å². The molecule has 1 N–H and O–H groups in total. The number of nitrogens with one attached hydrogen (secondary N) is 1. The van der Waals surface area contributed by atoms with Gasteiger partial charge in [-0.3, -0.25) is 9.59 Å². The largest absolute Gasteiger partial charge is 0.453 e. The summed E-state index contributed by atoms with van der Waals surface area (Å²) < 4.78 is 23.2. The van der Waals surface area contributed by atoms with Gasteiger partial charge in [0.15, 0.2) is 6.10 Å². The van der Waals surface area contributed by atoms with Crippen molar-refractivity contribution in [3.05, 3.63) is 71.9 Å². The predicted molar refractivity (Wildman–Crippen MR) is 107 cm³/mol. The number of nitrogens with zero attached hydrogens (tertiary/aromatic N) is 2. The molecule has 8 heteroatoms. The fourth-order valence-corrected chi connectivity index (χ4v) is 2.71. The molecule has 1 unspecified atom stereocenters. The molecule has 2 aromatic carbocycles. The van der Waals surface area contributed by atoms with Crippen LogP contribution in [0, 0.1) is 5.82 Å². The van der Waals surface area contributed by atoms with Crippen LogP contribution in [0.5, 0.6) is 0 Å². The van der Waals surface area contributed by atoms with Crippen molar-refractivity contribution in [3.63, 3.8) is 0 Å². The maximum absolute atomic E-state index is 13.0. The summed E-state index contributed by atoms with van der Waals surface area (Å²) in [5.41, 5.74) is 1.72. The van der Waals surface area contributed by atoms with Crippen LogP contribution in [0.3, 0.4) is 0 Å². The average Bonchev–Trinajstić information content (AvgIpc) is 3.22. The first kappa shape index (κ1) is 21.2. The standard InChI is InChI=1S/C22H22FN3O4/c1-15(22(28)24-14-13-16-5-3-2-4-6-16)29-20(27)12-11-19-25-21(26-30-19)17-7-9-18(23)10-8-17/h2-10,15H,11-14H2,1H3,(H,24,28). The number of aryl methyl sites for hydroxylation is 1. The Balaban J connectivity index is 1.39. The van der Waals surface area contributed by atoms with Crippen molar-refractivity contribution in [2.45, 2.75) is 32.3 Å². The first-order valence-corrected chi connectivity index (χ1v) is 9.61. The first-order valence-electron chi connectivity index (χ1n) is 9.61. The molecular weight excluding hydrogens is 389 g/mol. The van der Waals surface area contributed by atoms with E-state index in [-0.39, 0.29) is 30.5 Å². The van der Waals surface area contributed by atoms with Gasteiger partial charge < -0.3 is 14.6 Å². The Morgan fingerprint density at radius 3 is 2.57 bits per heavy atom. The average molecular weight is 411 g/mol. The number of halogens is 1. The Hall–Kier alpha value is -3.55. The highest BCUT2D eigenvalue weighted by Gasteiger charge is 2.18. The van der Waals surface area contributed by atoms with Crippen LogP contribution >= 0.6 is 0 Å². The third-order valence-corrected chi connectivity index (χ3v) is 4.35. The van der Waals surface area contributed by atoms with Gasteiger partial charge in [0.2, 0.25) is 11.7 Å². The lowest BCUT2D eigenvalue weighted by molar-refractivity contribution is -0.154. The Bertz CT molecular complexity index is 974. The number of carbonyl (C=O) groups is 2. The van der Waals surface area contributed by atoms with Gasteiger partial charge in [-0.15, -0.1) is 0 Å². The lowest BCUT2D eigenvalue weighted by atomic mass is 10.1. The van der Waals surface area contributed by atoms with Crippen molar-refractivity contribution in [1.29, 1.82) is 0 Å². The summed E-state index contributed by atoms with van der Waals surface area (Å²) in [6, 6.07) is 15.4. The van der Waals surface area contributed by atoms with Gasteiger partial charge in [-0.25, -0.2) is 4.39 Å². The highest BCUT2D eigenvalue weighted by molar-refractivity contribution is 5.83. The molecule has 0 saturated carbocycles. The van der Waals surface area contributed by atoms with Crippen molar-refractivity contribution in [1.82, 2.24) is 15.5 Å². The molecule has 0 aliphatic rings. The van der Waals surface area contributed by atoms with Crippen LogP contribution in [0.25, 0.3) is 11.4 Å². The second-order valence-corrected chi connectivity index (χ2v) is 6.68. The van der Waals surface area contributed by atoms with Crippen LogP contribution in [0.1, 0.15) is 24.8 Å². The smallest absolute Gasteiger partial charge is 0.307 e. The van der Waals surface area contributed by atoms with Crippen molar-refractivity contribution >= 4 is 11.9 Å². The molecule has 1 amide bonds. The topological polar surface area (TPSA) is 94.3 Å². The molecule has 3 rings (SSSR count). The monoisotopic (exact) mass is 411 g/mol. The van der Waals surface area contributed by atoms with Crippen molar-refractivity contribution in [2.75, 3.05) is 6.54 Å². The highest BCUT2D eigenvalue weighted by Crippen LogP contribution is 2.16. The van der Waals surface area contributed by atoms with Crippen molar-refractivity contribution in [2.24, 2.45) is 0 Å². The summed E-state index contributed by atoms with van der Waals surface area (Å²) in [4.78, 5) is 28.3. The van der Waals surface area contributed by atoms with Crippen LogP contribution in [0.2, 0.25) is 0 Å². The first-order chi connectivity index (χ1) is 14.5. The van der Waals surface area contributed by atoms with Crippen LogP contribution in [0.4, 0.5) is 4.39 Å². The molecule has 3 aromatic rings. The van der Waals surface area contributed by atoms with Gasteiger partial charge in [0, 0.05) is 18.5 Å². The minimum absolute atomic E-state index is 0.00726. The molecule has 1 atom stereocenters. The van der Waals surface area contributed by atoms with Gasteiger partial charge in [-0.05, 0) is 43.2 Å². The summed E-state index contributed by atoms with van der Waals surface area (Å²) in [7, 11) is 0. The molecule has 0 saturated heterocycles. The highest BCUT2D eigenvalue weighted by atomic mass is 19.1. The van der Waals surface area contributed by atoms with Gasteiger partial charge in [-0.1, -0.05) is 35.5 Å². The molecule has 0 aliphatic heterocycles. The van der Waals surface area contributed by atoms with E-state index in [1.54, 1.807) is 0 Å². The van der Waals surface area contributed by atoms with Gasteiger partial charge >= 0.3 is 5.97 Å². The summed E-state index contributed by atoms with van der Waals surface area (Å²) in [5.74, 6) is -0.683. The zero-order valence-electron chi connectivity index (χ0n) is 16.5. The Labute approximate surface area is 173 Å². The maximum atomic E-state index is 13.0. The number of hydrogen-bond donors (Lipinski definition) is 1. The fraction of sp³-hybridized carbons (Fsp3) is 0.273. The van der Waals surface area contributed by atoms with E-state index in [9.17, 15) is 14.0 Å². The van der Waals surface area contributed by atoms with E-state index in [1.165, 1.54) is 31.2 Å². The lowest BCUT2D eigenvalue weighted by Crippen LogP contribution is -2.36. The van der Waals surface area contributed by atoms with Crippen molar-refractivity contribution < 1.29 is 23.2 Å². The minimum atomic E-state index is -0.897. The van der Waals surface area contributed by atoms with E-state index in [4.69, 9.17) is 9.26 Å². The molecule has 30 heavy (non-hydrogen) atoms. The number of hydrogen-bond acceptors (Lipinski definition) is 6. The third kappa shape index (κ3) is 6.23. The zero-order chi connectivity index (χ0) is 21.3. The van der Waals surface area contributed by atoms with E-state index < -0.39 is 12.1 Å². The van der Waals surface area contributed by atoms with Crippen LogP contribution in [-0.2, 0) is 27.2 Å². The number of carbonyl (C=O) groups excluding carboxylic acids is 2. The Morgan fingerprint density at radius 1 is 1.10 bits per heavy atom. The zero-order valence-corrected chi connectivity index (χ0v) is 16.5. The van der Waals surface area contributed by atoms with E-state index in [0.717, 1.165) is 5.56 Å². The van der Waals surface area contributed by atoms with E-state index in [0.29, 0.717) is 24.4 Å². The van der Waals surface area contributed by atoms with Gasteiger partial charge in [0.05, 0.1) is 6.42 Å². The number of ether oxygens (including phenoxy) is 1. The quantitative estimate of drug-likeness (QED) is 0.544. The molecule has 0 fully saturated rings. The molecule has 156 valence electrons. The van der Waals surface area contributed by atoms with Crippen molar-refractivity contribution in [3.8, 4) is 11.4 Å². The SMILES string of the molecule is CC(OC(=O)CCc1nc(-c2ccc(F)cc2)no1)C(=O)NCCc1ccccc1. The Kier molecular flexibility index (Phi) is 7.26. The summed E-state index contributed by atoms with van der Waals surface area (Å²) >= 11 is 0. The van der Waals surface area contributed by atoms with Crippen LogP contribution < -0.4 is 5.32 Å². The molecule has 0 radical (unpaired) electrons. The normalized spacial score (nSPS) is 11.7. The van der Waals surface area contributed by atoms with E-state index in [1.807, 2.05) is 30.3 Å². The number of benzene rings is 2. The molecule has 7 nitrogen and oxygen atoms in total. The number of amides is 1. The lowest BCUT2D eigenvalue weighted by Gasteiger charge is -2.13. The molecule has 0 bridgehead atoms. The minimum Gasteiger partial charge on any atom is -0.453 e.